The predicted molar refractivity (Wildman–Crippen MR) is 99.0 cm³/mol. The highest BCUT2D eigenvalue weighted by Gasteiger charge is 2.30. The highest BCUT2D eigenvalue weighted by Crippen LogP contribution is 2.30. The average molecular weight is 437 g/mol. The lowest BCUT2D eigenvalue weighted by molar-refractivity contribution is -0.137. The quantitative estimate of drug-likeness (QED) is 0.638. The molecule has 0 radical (unpaired) electrons. The molecule has 2 aromatic carbocycles. The minimum Gasteiger partial charge on any atom is -0.346 e. The summed E-state index contributed by atoms with van der Waals surface area (Å²) in [7, 11) is 0. The normalized spacial score (nSPS) is 13.2. The maximum atomic E-state index is 12.8. The van der Waals surface area contributed by atoms with Crippen LogP contribution >= 0.6 is 15.9 Å². The number of aryl methyl sites for hydroxylation is 2. The molecule has 4 rings (SSSR count). The second-order valence-electron chi connectivity index (χ2n) is 6.31. The molecule has 1 aliphatic heterocycles. The van der Waals surface area contributed by atoms with Crippen molar-refractivity contribution < 1.29 is 18.0 Å². The van der Waals surface area contributed by atoms with Gasteiger partial charge in [-0.25, -0.2) is 0 Å². The first-order valence-corrected chi connectivity index (χ1v) is 8.87. The summed E-state index contributed by atoms with van der Waals surface area (Å²) < 4.78 is 40.5. The van der Waals surface area contributed by atoms with Crippen LogP contribution in [0.3, 0.4) is 0 Å². The average Bonchev–Trinajstić information content (AvgIpc) is 3.00. The van der Waals surface area contributed by atoms with Crippen LogP contribution in [0, 0.1) is 0 Å². The van der Waals surface area contributed by atoms with Crippen molar-refractivity contribution >= 4 is 38.4 Å². The van der Waals surface area contributed by atoms with Crippen LogP contribution in [0.15, 0.2) is 51.9 Å². The van der Waals surface area contributed by atoms with E-state index in [0.29, 0.717) is 11.9 Å². The number of halogens is 4. The van der Waals surface area contributed by atoms with Gasteiger partial charge in [0.25, 0.3) is 5.91 Å². The van der Waals surface area contributed by atoms with E-state index < -0.39 is 23.1 Å². The van der Waals surface area contributed by atoms with Gasteiger partial charge in [-0.15, -0.1) is 0 Å². The molecular formula is C19H12BrF3N2O2. The summed E-state index contributed by atoms with van der Waals surface area (Å²) in [5.41, 5.74) is 0.768. The summed E-state index contributed by atoms with van der Waals surface area (Å²) in [6.45, 7) is 0.656. The minimum atomic E-state index is -4.45. The Morgan fingerprint density at radius 3 is 2.52 bits per heavy atom. The molecule has 0 spiro atoms. The van der Waals surface area contributed by atoms with Gasteiger partial charge in [-0.1, -0.05) is 15.9 Å². The number of alkyl halides is 3. The minimum absolute atomic E-state index is 0.0478. The van der Waals surface area contributed by atoms with E-state index in [1.165, 1.54) is 6.20 Å². The highest BCUT2D eigenvalue weighted by atomic mass is 79.9. The summed E-state index contributed by atoms with van der Waals surface area (Å²) in [6, 6.07) is 7.71. The lowest BCUT2D eigenvalue weighted by Crippen LogP contribution is -2.23. The van der Waals surface area contributed by atoms with Gasteiger partial charge in [0.15, 0.2) is 0 Å². The zero-order valence-corrected chi connectivity index (χ0v) is 15.3. The predicted octanol–water partition coefficient (Wildman–Crippen LogP) is 4.59. The van der Waals surface area contributed by atoms with Crippen LogP contribution in [0.2, 0.25) is 0 Å². The fourth-order valence-electron chi connectivity index (χ4n) is 3.30. The van der Waals surface area contributed by atoms with E-state index in [-0.39, 0.29) is 11.3 Å². The van der Waals surface area contributed by atoms with Gasteiger partial charge in [-0.2, -0.15) is 13.2 Å². The van der Waals surface area contributed by atoms with Crippen molar-refractivity contribution in [3.05, 3.63) is 74.0 Å². The number of rotatable bonds is 2. The highest BCUT2D eigenvalue weighted by molar-refractivity contribution is 9.10. The van der Waals surface area contributed by atoms with Gasteiger partial charge in [0.1, 0.15) is 5.56 Å². The van der Waals surface area contributed by atoms with Gasteiger partial charge >= 0.3 is 6.18 Å². The van der Waals surface area contributed by atoms with Gasteiger partial charge in [-0.05, 0) is 48.4 Å². The standard InChI is InChI=1S/C19H12BrF3N2O2/c20-12-7-10-5-6-25-9-15(17(26)14(8-12)16(10)25)18(27)24-13-3-1-11(2-4-13)19(21,22)23/h1-4,7-9H,5-6H2,(H,24,27). The maximum absolute atomic E-state index is 12.8. The van der Waals surface area contributed by atoms with Crippen LogP contribution in [0.4, 0.5) is 18.9 Å². The van der Waals surface area contributed by atoms with Crippen LogP contribution in [-0.2, 0) is 19.1 Å². The number of carbonyl (C=O) groups is 1. The van der Waals surface area contributed by atoms with Crippen LogP contribution in [-0.4, -0.2) is 10.5 Å². The van der Waals surface area contributed by atoms with E-state index in [2.05, 4.69) is 21.2 Å². The van der Waals surface area contributed by atoms with Crippen molar-refractivity contribution in [2.24, 2.45) is 0 Å². The Morgan fingerprint density at radius 1 is 1.15 bits per heavy atom. The number of nitrogens with one attached hydrogen (secondary N) is 1. The number of nitrogens with zero attached hydrogens (tertiary/aromatic N) is 1. The molecule has 1 aromatic heterocycles. The smallest absolute Gasteiger partial charge is 0.346 e. The fraction of sp³-hybridized carbons (Fsp3) is 0.158. The van der Waals surface area contributed by atoms with E-state index in [4.69, 9.17) is 0 Å². The second-order valence-corrected chi connectivity index (χ2v) is 7.22. The number of hydrogen-bond acceptors (Lipinski definition) is 2. The molecular weight excluding hydrogens is 425 g/mol. The maximum Gasteiger partial charge on any atom is 0.416 e. The van der Waals surface area contributed by atoms with Gasteiger partial charge < -0.3 is 9.88 Å². The molecule has 8 heteroatoms. The Kier molecular flexibility index (Phi) is 4.10. The van der Waals surface area contributed by atoms with E-state index in [9.17, 15) is 22.8 Å². The SMILES string of the molecule is O=C(Nc1ccc(C(F)(F)F)cc1)c1cn2c3c(cc(Br)cc3c1=O)CC2. The summed E-state index contributed by atoms with van der Waals surface area (Å²) in [5, 5.41) is 2.94. The molecule has 27 heavy (non-hydrogen) atoms. The lowest BCUT2D eigenvalue weighted by Gasteiger charge is -2.11. The summed E-state index contributed by atoms with van der Waals surface area (Å²) in [4.78, 5) is 25.4. The van der Waals surface area contributed by atoms with Crippen LogP contribution in [0.1, 0.15) is 21.5 Å². The first-order chi connectivity index (χ1) is 12.7. The molecule has 2 heterocycles. The number of aromatic nitrogens is 1. The third kappa shape index (κ3) is 3.14. The van der Waals surface area contributed by atoms with Gasteiger partial charge in [0, 0.05) is 28.3 Å². The number of carbonyl (C=O) groups excluding carboxylic acids is 1. The summed E-state index contributed by atoms with van der Waals surface area (Å²) >= 11 is 3.38. The number of hydrogen-bond donors (Lipinski definition) is 1. The number of benzene rings is 2. The molecule has 138 valence electrons. The van der Waals surface area contributed by atoms with Crippen molar-refractivity contribution in [1.82, 2.24) is 4.57 Å². The lowest BCUT2D eigenvalue weighted by atomic mass is 10.1. The van der Waals surface area contributed by atoms with Gasteiger partial charge in [-0.3, -0.25) is 9.59 Å². The Bertz CT molecular complexity index is 1130. The molecule has 0 atom stereocenters. The molecule has 1 aliphatic rings. The molecule has 0 saturated carbocycles. The van der Waals surface area contributed by atoms with Crippen LogP contribution in [0.5, 0.6) is 0 Å². The molecule has 0 bridgehead atoms. The van der Waals surface area contributed by atoms with Gasteiger partial charge in [0.2, 0.25) is 5.43 Å². The topological polar surface area (TPSA) is 51.1 Å². The van der Waals surface area contributed by atoms with Crippen molar-refractivity contribution in [2.75, 3.05) is 5.32 Å². The first kappa shape index (κ1) is 17.8. The Labute approximate surface area is 159 Å². The van der Waals surface area contributed by atoms with E-state index >= 15 is 0 Å². The van der Waals surface area contributed by atoms with Crippen molar-refractivity contribution in [3.63, 3.8) is 0 Å². The zero-order valence-electron chi connectivity index (χ0n) is 13.7. The van der Waals surface area contributed by atoms with Gasteiger partial charge in [0.05, 0.1) is 11.1 Å². The van der Waals surface area contributed by atoms with E-state index in [1.54, 1.807) is 6.07 Å². The second kappa shape index (κ2) is 6.23. The Hall–Kier alpha value is -2.61. The van der Waals surface area contributed by atoms with Crippen LogP contribution < -0.4 is 10.7 Å². The molecule has 3 aromatic rings. The van der Waals surface area contributed by atoms with Crippen molar-refractivity contribution in [3.8, 4) is 0 Å². The third-order valence-electron chi connectivity index (χ3n) is 4.55. The number of pyridine rings is 1. The molecule has 0 unspecified atom stereocenters. The number of amides is 1. The fourth-order valence-corrected chi connectivity index (χ4v) is 3.81. The molecule has 1 amide bonds. The third-order valence-corrected chi connectivity index (χ3v) is 5.01. The summed E-state index contributed by atoms with van der Waals surface area (Å²) in [6.07, 6.45) is -2.18. The van der Waals surface area contributed by atoms with Crippen molar-refractivity contribution in [1.29, 1.82) is 0 Å². The Balaban J connectivity index is 1.70. The van der Waals surface area contributed by atoms with Crippen LogP contribution in [0.25, 0.3) is 10.9 Å². The molecule has 0 aliphatic carbocycles. The van der Waals surface area contributed by atoms with Crippen molar-refractivity contribution in [2.45, 2.75) is 19.1 Å². The van der Waals surface area contributed by atoms with E-state index in [1.807, 2.05) is 10.6 Å². The largest absolute Gasteiger partial charge is 0.416 e. The zero-order chi connectivity index (χ0) is 19.3. The Morgan fingerprint density at radius 2 is 1.85 bits per heavy atom. The van der Waals surface area contributed by atoms with E-state index in [0.717, 1.165) is 46.2 Å². The monoisotopic (exact) mass is 436 g/mol. The summed E-state index contributed by atoms with van der Waals surface area (Å²) in [5.74, 6) is -0.654. The molecule has 0 fully saturated rings. The first-order valence-electron chi connectivity index (χ1n) is 8.08. The molecule has 4 nitrogen and oxygen atoms in total. The molecule has 1 N–H and O–H groups in total. The molecule has 0 saturated heterocycles. The number of anilines is 1.